The topological polar surface area (TPSA) is 81.7 Å². The van der Waals surface area contributed by atoms with Gasteiger partial charge in [-0.15, -0.1) is 0 Å². The second-order valence-corrected chi connectivity index (χ2v) is 6.54. The second kappa shape index (κ2) is 9.90. The number of amides is 2. The van der Waals surface area contributed by atoms with Gasteiger partial charge in [0, 0.05) is 30.1 Å². The standard InChI is InChI=1S/C20H23F2N3O4/c1-27-16-9-8-14(11-17(16)29-19(21)22)25-20(26)24-12-13-5-4-10-23-18(13)28-15-6-2-3-7-15/h4-5,8-11,15,19H,2-3,6-7,12H2,1H3,(H2,24,25,26). The second-order valence-electron chi connectivity index (χ2n) is 6.54. The van der Waals surface area contributed by atoms with Gasteiger partial charge in [-0.25, -0.2) is 9.78 Å². The van der Waals surface area contributed by atoms with E-state index in [2.05, 4.69) is 20.4 Å². The summed E-state index contributed by atoms with van der Waals surface area (Å²) >= 11 is 0. The molecule has 2 N–H and O–H groups in total. The Morgan fingerprint density at radius 3 is 2.76 bits per heavy atom. The number of alkyl halides is 2. The first-order valence-electron chi connectivity index (χ1n) is 9.33. The smallest absolute Gasteiger partial charge is 0.387 e. The fourth-order valence-electron chi connectivity index (χ4n) is 3.12. The summed E-state index contributed by atoms with van der Waals surface area (Å²) in [5.74, 6) is 0.483. The molecule has 1 saturated carbocycles. The van der Waals surface area contributed by atoms with Crippen molar-refractivity contribution in [2.24, 2.45) is 0 Å². The van der Waals surface area contributed by atoms with E-state index in [4.69, 9.17) is 9.47 Å². The number of pyridine rings is 1. The number of aromatic nitrogens is 1. The SMILES string of the molecule is COc1ccc(NC(=O)NCc2cccnc2OC2CCCC2)cc1OC(F)F. The van der Waals surface area contributed by atoms with Crippen molar-refractivity contribution in [3.05, 3.63) is 42.1 Å². The van der Waals surface area contributed by atoms with Gasteiger partial charge < -0.3 is 24.8 Å². The molecule has 1 aliphatic carbocycles. The summed E-state index contributed by atoms with van der Waals surface area (Å²) in [5.41, 5.74) is 1.04. The number of urea groups is 1. The first kappa shape index (κ1) is 20.6. The van der Waals surface area contributed by atoms with E-state index in [1.807, 2.05) is 6.07 Å². The van der Waals surface area contributed by atoms with Crippen molar-refractivity contribution in [2.45, 2.75) is 44.9 Å². The molecule has 0 bridgehead atoms. The van der Waals surface area contributed by atoms with E-state index < -0.39 is 12.6 Å². The molecule has 2 aromatic rings. The summed E-state index contributed by atoms with van der Waals surface area (Å²) in [6, 6.07) is 7.32. The van der Waals surface area contributed by atoms with Crippen LogP contribution >= 0.6 is 0 Å². The maximum atomic E-state index is 12.5. The van der Waals surface area contributed by atoms with E-state index in [0.29, 0.717) is 5.88 Å². The van der Waals surface area contributed by atoms with Gasteiger partial charge in [-0.3, -0.25) is 0 Å². The molecule has 2 amide bonds. The number of rotatable bonds is 8. The van der Waals surface area contributed by atoms with Gasteiger partial charge in [0.15, 0.2) is 11.5 Å². The molecule has 1 fully saturated rings. The first-order chi connectivity index (χ1) is 14.0. The third-order valence-corrected chi connectivity index (χ3v) is 4.51. The molecule has 1 aromatic heterocycles. The normalized spacial score (nSPS) is 13.9. The Hall–Kier alpha value is -3.10. The molecule has 1 aromatic carbocycles. The fraction of sp³-hybridized carbons (Fsp3) is 0.400. The number of hydrogen-bond acceptors (Lipinski definition) is 5. The lowest BCUT2D eigenvalue weighted by molar-refractivity contribution is -0.0511. The third-order valence-electron chi connectivity index (χ3n) is 4.51. The van der Waals surface area contributed by atoms with Crippen LogP contribution in [0.25, 0.3) is 0 Å². The number of hydrogen-bond donors (Lipinski definition) is 2. The molecule has 1 aliphatic rings. The van der Waals surface area contributed by atoms with Crippen LogP contribution in [0.5, 0.6) is 17.4 Å². The Bertz CT molecular complexity index is 829. The number of carbonyl (C=O) groups is 1. The number of carbonyl (C=O) groups excluding carboxylic acids is 1. The quantitative estimate of drug-likeness (QED) is 0.681. The van der Waals surface area contributed by atoms with Crippen molar-refractivity contribution in [3.8, 4) is 17.4 Å². The lowest BCUT2D eigenvalue weighted by Crippen LogP contribution is -2.28. The molecule has 0 atom stereocenters. The molecular formula is C20H23F2N3O4. The highest BCUT2D eigenvalue weighted by Crippen LogP contribution is 2.31. The van der Waals surface area contributed by atoms with Crippen LogP contribution in [0.4, 0.5) is 19.3 Å². The van der Waals surface area contributed by atoms with Crippen LogP contribution in [0, 0.1) is 0 Å². The predicted molar refractivity (Wildman–Crippen MR) is 103 cm³/mol. The van der Waals surface area contributed by atoms with Crippen LogP contribution in [0.15, 0.2) is 36.5 Å². The molecule has 0 aliphatic heterocycles. The molecular weight excluding hydrogens is 384 g/mol. The van der Waals surface area contributed by atoms with Crippen molar-refractivity contribution in [3.63, 3.8) is 0 Å². The van der Waals surface area contributed by atoms with Gasteiger partial charge >= 0.3 is 12.6 Å². The Balaban J connectivity index is 1.59. The van der Waals surface area contributed by atoms with Crippen molar-refractivity contribution in [1.29, 1.82) is 0 Å². The number of benzene rings is 1. The summed E-state index contributed by atoms with van der Waals surface area (Å²) in [6.07, 6.45) is 6.11. The number of anilines is 1. The number of halogens is 2. The van der Waals surface area contributed by atoms with E-state index in [1.54, 1.807) is 12.3 Å². The van der Waals surface area contributed by atoms with Crippen molar-refractivity contribution >= 4 is 11.7 Å². The van der Waals surface area contributed by atoms with E-state index in [9.17, 15) is 13.6 Å². The molecule has 0 unspecified atom stereocenters. The van der Waals surface area contributed by atoms with E-state index in [1.165, 1.54) is 25.3 Å². The number of ether oxygens (including phenoxy) is 3. The molecule has 0 spiro atoms. The maximum absolute atomic E-state index is 12.5. The van der Waals surface area contributed by atoms with Gasteiger partial charge in [-0.1, -0.05) is 6.07 Å². The van der Waals surface area contributed by atoms with Gasteiger partial charge in [0.25, 0.3) is 0 Å². The summed E-state index contributed by atoms with van der Waals surface area (Å²) in [5, 5.41) is 5.29. The highest BCUT2D eigenvalue weighted by atomic mass is 19.3. The molecule has 0 radical (unpaired) electrons. The lowest BCUT2D eigenvalue weighted by Gasteiger charge is -2.16. The van der Waals surface area contributed by atoms with Crippen LogP contribution in [0.1, 0.15) is 31.2 Å². The molecule has 156 valence electrons. The summed E-state index contributed by atoms with van der Waals surface area (Å²) in [4.78, 5) is 16.5. The fourth-order valence-corrected chi connectivity index (χ4v) is 3.12. The zero-order valence-electron chi connectivity index (χ0n) is 16.0. The molecule has 3 rings (SSSR count). The average Bonchev–Trinajstić information content (AvgIpc) is 3.20. The Morgan fingerprint density at radius 1 is 1.24 bits per heavy atom. The van der Waals surface area contributed by atoms with Crippen molar-refractivity contribution < 1.29 is 27.8 Å². The van der Waals surface area contributed by atoms with Crippen molar-refractivity contribution in [1.82, 2.24) is 10.3 Å². The van der Waals surface area contributed by atoms with Gasteiger partial charge in [0.05, 0.1) is 7.11 Å². The predicted octanol–water partition coefficient (Wildman–Crippen LogP) is 4.33. The zero-order valence-corrected chi connectivity index (χ0v) is 16.0. The van der Waals surface area contributed by atoms with Crippen LogP contribution < -0.4 is 24.8 Å². The van der Waals surface area contributed by atoms with Gasteiger partial charge in [-0.05, 0) is 43.9 Å². The Labute approximate surface area is 167 Å². The monoisotopic (exact) mass is 407 g/mol. The van der Waals surface area contributed by atoms with Crippen LogP contribution in [0.2, 0.25) is 0 Å². The van der Waals surface area contributed by atoms with Gasteiger partial charge in [0.1, 0.15) is 6.10 Å². The Morgan fingerprint density at radius 2 is 2.03 bits per heavy atom. The Kier molecular flexibility index (Phi) is 7.04. The average molecular weight is 407 g/mol. The van der Waals surface area contributed by atoms with E-state index in [0.717, 1.165) is 31.2 Å². The maximum Gasteiger partial charge on any atom is 0.387 e. The minimum Gasteiger partial charge on any atom is -0.493 e. The molecule has 7 nitrogen and oxygen atoms in total. The number of nitrogens with zero attached hydrogens (tertiary/aromatic N) is 1. The van der Waals surface area contributed by atoms with Crippen LogP contribution in [0.3, 0.4) is 0 Å². The number of nitrogens with one attached hydrogen (secondary N) is 2. The van der Waals surface area contributed by atoms with Crippen molar-refractivity contribution in [2.75, 3.05) is 12.4 Å². The third kappa shape index (κ3) is 5.94. The summed E-state index contributed by atoms with van der Waals surface area (Å²) < 4.78 is 40.4. The molecule has 1 heterocycles. The van der Waals surface area contributed by atoms with E-state index >= 15 is 0 Å². The highest BCUT2D eigenvalue weighted by molar-refractivity contribution is 5.89. The van der Waals surface area contributed by atoms with Gasteiger partial charge in [-0.2, -0.15) is 8.78 Å². The van der Waals surface area contributed by atoms with E-state index in [-0.39, 0.29) is 29.8 Å². The van der Waals surface area contributed by atoms with Gasteiger partial charge in [0.2, 0.25) is 5.88 Å². The molecule has 0 saturated heterocycles. The summed E-state index contributed by atoms with van der Waals surface area (Å²) in [6.45, 7) is -2.80. The van der Waals surface area contributed by atoms with Crippen LogP contribution in [-0.4, -0.2) is 30.8 Å². The largest absolute Gasteiger partial charge is 0.493 e. The lowest BCUT2D eigenvalue weighted by atomic mass is 10.2. The zero-order chi connectivity index (χ0) is 20.6. The molecule has 29 heavy (non-hydrogen) atoms. The summed E-state index contributed by atoms with van der Waals surface area (Å²) in [7, 11) is 1.34. The number of methoxy groups -OCH3 is 1. The highest BCUT2D eigenvalue weighted by Gasteiger charge is 2.19. The minimum absolute atomic E-state index is 0.139. The minimum atomic E-state index is -3.00. The molecule has 9 heteroatoms. The van der Waals surface area contributed by atoms with Crippen LogP contribution in [-0.2, 0) is 6.54 Å². The first-order valence-corrected chi connectivity index (χ1v) is 9.33.